The summed E-state index contributed by atoms with van der Waals surface area (Å²) in [4.78, 5) is 7.56. The Morgan fingerprint density at radius 3 is 1.97 bits per heavy atom. The van der Waals surface area contributed by atoms with E-state index in [0.29, 0.717) is 5.92 Å². The zero-order valence-electron chi connectivity index (χ0n) is 18.5. The molecule has 1 aromatic heterocycles. The minimum absolute atomic E-state index is 0.613. The maximum absolute atomic E-state index is 5.15. The van der Waals surface area contributed by atoms with Gasteiger partial charge in [0.2, 0.25) is 0 Å². The van der Waals surface area contributed by atoms with Crippen LogP contribution in [0.4, 0.5) is 5.82 Å². The monoisotopic (exact) mass is 409 g/mol. The van der Waals surface area contributed by atoms with Crippen LogP contribution in [0.1, 0.15) is 30.5 Å². The van der Waals surface area contributed by atoms with Crippen molar-refractivity contribution in [2.75, 3.05) is 11.4 Å². The van der Waals surface area contributed by atoms with Gasteiger partial charge in [0.25, 0.3) is 0 Å². The summed E-state index contributed by atoms with van der Waals surface area (Å²) in [5, 5.41) is 4.81. The van der Waals surface area contributed by atoms with E-state index >= 15 is 0 Å². The fraction of sp³-hybridized carbons (Fsp3) is 0.250. The van der Waals surface area contributed by atoms with E-state index in [1.807, 2.05) is 0 Å². The highest BCUT2D eigenvalue weighted by Crippen LogP contribution is 2.27. The molecule has 0 spiro atoms. The van der Waals surface area contributed by atoms with Crippen molar-refractivity contribution in [3.8, 4) is 0 Å². The molecule has 0 bridgehead atoms. The maximum atomic E-state index is 5.15. The quantitative estimate of drug-likeness (QED) is 0.357. The Morgan fingerprint density at radius 2 is 1.35 bits per heavy atom. The first kappa shape index (κ1) is 21.1. The highest BCUT2D eigenvalue weighted by atomic mass is 15.2. The fourth-order valence-corrected chi connectivity index (χ4v) is 3.86. The number of para-hydroxylation sites is 1. The molecular weight excluding hydrogens is 378 g/mol. The van der Waals surface area contributed by atoms with E-state index in [-0.39, 0.29) is 0 Å². The number of rotatable bonds is 9. The summed E-state index contributed by atoms with van der Waals surface area (Å²) >= 11 is 0. The van der Waals surface area contributed by atoms with Crippen molar-refractivity contribution in [2.24, 2.45) is 5.92 Å². The lowest BCUT2D eigenvalue weighted by Crippen LogP contribution is -2.26. The second-order valence-electron chi connectivity index (χ2n) is 8.52. The Morgan fingerprint density at radius 1 is 0.774 bits per heavy atom. The van der Waals surface area contributed by atoms with Gasteiger partial charge in [0.1, 0.15) is 5.82 Å². The SMILES string of the molecule is CC(C)CNCc1cc2ccccc2nc1N(Cc1ccccc1)Cc1ccccc1. The van der Waals surface area contributed by atoms with E-state index < -0.39 is 0 Å². The van der Waals surface area contributed by atoms with Crippen LogP contribution in [0, 0.1) is 5.92 Å². The molecule has 31 heavy (non-hydrogen) atoms. The van der Waals surface area contributed by atoms with Crippen LogP contribution in [0.3, 0.4) is 0 Å². The van der Waals surface area contributed by atoms with Gasteiger partial charge in [-0.05, 0) is 35.7 Å². The van der Waals surface area contributed by atoms with Crippen molar-refractivity contribution in [3.05, 3.63) is 108 Å². The van der Waals surface area contributed by atoms with Gasteiger partial charge in [-0.2, -0.15) is 0 Å². The third-order valence-electron chi connectivity index (χ3n) is 5.38. The molecule has 0 aliphatic rings. The zero-order valence-corrected chi connectivity index (χ0v) is 18.5. The summed E-state index contributed by atoms with van der Waals surface area (Å²) in [6.07, 6.45) is 0. The Kier molecular flexibility index (Phi) is 6.96. The van der Waals surface area contributed by atoms with Gasteiger partial charge in [-0.25, -0.2) is 4.98 Å². The summed E-state index contributed by atoms with van der Waals surface area (Å²) in [5.41, 5.74) is 4.85. The van der Waals surface area contributed by atoms with E-state index in [0.717, 1.165) is 37.5 Å². The fourth-order valence-electron chi connectivity index (χ4n) is 3.86. The van der Waals surface area contributed by atoms with Crippen LogP contribution in [0.15, 0.2) is 91.0 Å². The van der Waals surface area contributed by atoms with Gasteiger partial charge in [0, 0.05) is 30.6 Å². The molecule has 1 N–H and O–H groups in total. The lowest BCUT2D eigenvalue weighted by atomic mass is 10.1. The lowest BCUT2D eigenvalue weighted by Gasteiger charge is -2.27. The van der Waals surface area contributed by atoms with Crippen molar-refractivity contribution in [1.29, 1.82) is 0 Å². The lowest BCUT2D eigenvalue weighted by molar-refractivity contribution is 0.551. The van der Waals surface area contributed by atoms with Crippen LogP contribution in [-0.4, -0.2) is 11.5 Å². The van der Waals surface area contributed by atoms with Gasteiger partial charge in [0.15, 0.2) is 0 Å². The zero-order chi connectivity index (χ0) is 21.5. The molecule has 0 radical (unpaired) electrons. The molecule has 3 heteroatoms. The number of fused-ring (bicyclic) bond motifs is 1. The number of aromatic nitrogens is 1. The Hall–Kier alpha value is -3.17. The van der Waals surface area contributed by atoms with Crippen molar-refractivity contribution in [3.63, 3.8) is 0 Å². The van der Waals surface area contributed by atoms with E-state index in [1.165, 1.54) is 22.1 Å². The summed E-state index contributed by atoms with van der Waals surface area (Å²) in [5.74, 6) is 1.67. The molecule has 0 amide bonds. The van der Waals surface area contributed by atoms with Crippen LogP contribution >= 0.6 is 0 Å². The van der Waals surface area contributed by atoms with Crippen LogP contribution in [-0.2, 0) is 19.6 Å². The highest BCUT2D eigenvalue weighted by Gasteiger charge is 2.16. The number of nitrogens with zero attached hydrogens (tertiary/aromatic N) is 2. The first-order valence-corrected chi connectivity index (χ1v) is 11.1. The molecule has 0 aliphatic heterocycles. The topological polar surface area (TPSA) is 28.2 Å². The van der Waals surface area contributed by atoms with Gasteiger partial charge < -0.3 is 10.2 Å². The minimum atomic E-state index is 0.613. The number of benzene rings is 3. The number of pyridine rings is 1. The van der Waals surface area contributed by atoms with Crippen LogP contribution in [0.25, 0.3) is 10.9 Å². The molecule has 0 saturated heterocycles. The van der Waals surface area contributed by atoms with E-state index in [2.05, 4.69) is 115 Å². The molecule has 158 valence electrons. The molecule has 3 aromatic carbocycles. The second kappa shape index (κ2) is 10.2. The molecule has 1 heterocycles. The summed E-state index contributed by atoms with van der Waals surface area (Å²) in [7, 11) is 0. The number of nitrogens with one attached hydrogen (secondary N) is 1. The largest absolute Gasteiger partial charge is 0.348 e. The maximum Gasteiger partial charge on any atom is 0.134 e. The minimum Gasteiger partial charge on any atom is -0.348 e. The molecular formula is C28H31N3. The van der Waals surface area contributed by atoms with Gasteiger partial charge in [-0.15, -0.1) is 0 Å². The number of anilines is 1. The summed E-state index contributed by atoms with van der Waals surface area (Å²) in [6.45, 7) is 7.92. The van der Waals surface area contributed by atoms with Gasteiger partial charge >= 0.3 is 0 Å². The second-order valence-corrected chi connectivity index (χ2v) is 8.52. The standard InChI is InChI=1S/C28H31N3/c1-22(2)18-29-19-26-17-25-15-9-10-16-27(25)30-28(26)31(20-23-11-5-3-6-12-23)21-24-13-7-4-8-14-24/h3-17,22,29H,18-21H2,1-2H3. The first-order chi connectivity index (χ1) is 15.2. The average Bonchev–Trinajstić information content (AvgIpc) is 2.79. The van der Waals surface area contributed by atoms with E-state index in [9.17, 15) is 0 Å². The third-order valence-corrected chi connectivity index (χ3v) is 5.38. The van der Waals surface area contributed by atoms with Crippen LogP contribution in [0.2, 0.25) is 0 Å². The van der Waals surface area contributed by atoms with Gasteiger partial charge in [-0.3, -0.25) is 0 Å². The van der Waals surface area contributed by atoms with Crippen molar-refractivity contribution in [1.82, 2.24) is 10.3 Å². The molecule has 0 atom stereocenters. The number of hydrogen-bond acceptors (Lipinski definition) is 3. The van der Waals surface area contributed by atoms with Crippen molar-refractivity contribution < 1.29 is 0 Å². The molecule has 4 rings (SSSR count). The van der Waals surface area contributed by atoms with Crippen molar-refractivity contribution in [2.45, 2.75) is 33.5 Å². The molecule has 0 saturated carbocycles. The molecule has 0 aliphatic carbocycles. The average molecular weight is 410 g/mol. The molecule has 4 aromatic rings. The Balaban J connectivity index is 1.74. The Bertz CT molecular complexity index is 1050. The van der Waals surface area contributed by atoms with Gasteiger partial charge in [0.05, 0.1) is 5.52 Å². The smallest absolute Gasteiger partial charge is 0.134 e. The van der Waals surface area contributed by atoms with Crippen LogP contribution in [0.5, 0.6) is 0 Å². The predicted octanol–water partition coefficient (Wildman–Crippen LogP) is 6.19. The normalized spacial score (nSPS) is 11.2. The van der Waals surface area contributed by atoms with E-state index in [4.69, 9.17) is 4.98 Å². The van der Waals surface area contributed by atoms with Crippen LogP contribution < -0.4 is 10.2 Å². The Labute approximate surface area is 185 Å². The highest BCUT2D eigenvalue weighted by molar-refractivity contribution is 5.81. The predicted molar refractivity (Wildman–Crippen MR) is 131 cm³/mol. The third kappa shape index (κ3) is 5.71. The molecule has 0 unspecified atom stereocenters. The van der Waals surface area contributed by atoms with Crippen molar-refractivity contribution >= 4 is 16.7 Å². The molecule has 3 nitrogen and oxygen atoms in total. The van der Waals surface area contributed by atoms with E-state index in [1.54, 1.807) is 0 Å². The summed E-state index contributed by atoms with van der Waals surface area (Å²) in [6, 6.07) is 32.0. The first-order valence-electron chi connectivity index (χ1n) is 11.1. The number of hydrogen-bond donors (Lipinski definition) is 1. The summed E-state index contributed by atoms with van der Waals surface area (Å²) < 4.78 is 0. The van der Waals surface area contributed by atoms with Gasteiger partial charge in [-0.1, -0.05) is 92.7 Å². The molecule has 0 fully saturated rings.